The van der Waals surface area contributed by atoms with Crippen molar-refractivity contribution in [2.75, 3.05) is 18.4 Å². The van der Waals surface area contributed by atoms with Crippen LogP contribution in [0, 0.1) is 0 Å². The summed E-state index contributed by atoms with van der Waals surface area (Å²) >= 11 is 0. The molecule has 0 atom stereocenters. The van der Waals surface area contributed by atoms with Crippen molar-refractivity contribution in [3.05, 3.63) is 84.2 Å². The fourth-order valence-electron chi connectivity index (χ4n) is 4.24. The van der Waals surface area contributed by atoms with Crippen LogP contribution in [0.4, 0.5) is 18.9 Å². The number of hydrogen-bond donors (Lipinski definition) is 1. The normalized spacial score (nSPS) is 14.9. The summed E-state index contributed by atoms with van der Waals surface area (Å²) in [6, 6.07) is 15.6. The van der Waals surface area contributed by atoms with E-state index >= 15 is 0 Å². The number of carbonyl (C=O) groups excluding carboxylic acids is 1. The van der Waals surface area contributed by atoms with Crippen LogP contribution in [0.2, 0.25) is 0 Å². The number of amides is 1. The highest BCUT2D eigenvalue weighted by atomic mass is 32.2. The molecule has 1 aliphatic heterocycles. The molecule has 1 saturated heterocycles. The standard InChI is InChI=1S/C25H21F3N4O3S/c26-25(27,28)18-10-11-23(32-16-29-20-8-1-2-9-22(20)32)21(15-18)30-24(33)17-6-5-7-19(14-17)36(34,35)31-12-3-4-13-31/h1-2,5-11,14-16H,3-4,12-13H2,(H,30,33). The first-order valence-electron chi connectivity index (χ1n) is 11.2. The summed E-state index contributed by atoms with van der Waals surface area (Å²) < 4.78 is 69.2. The third-order valence-electron chi connectivity index (χ3n) is 6.08. The Morgan fingerprint density at radius 2 is 1.69 bits per heavy atom. The van der Waals surface area contributed by atoms with Gasteiger partial charge in [-0.05, 0) is 61.4 Å². The van der Waals surface area contributed by atoms with Crippen LogP contribution in [0.1, 0.15) is 28.8 Å². The lowest BCUT2D eigenvalue weighted by molar-refractivity contribution is -0.137. The van der Waals surface area contributed by atoms with Crippen molar-refractivity contribution in [1.29, 1.82) is 0 Å². The predicted octanol–water partition coefficient (Wildman–Crippen LogP) is 5.08. The van der Waals surface area contributed by atoms with E-state index < -0.39 is 27.7 Å². The van der Waals surface area contributed by atoms with E-state index in [4.69, 9.17) is 0 Å². The van der Waals surface area contributed by atoms with Crippen LogP contribution in [-0.2, 0) is 16.2 Å². The molecule has 0 radical (unpaired) electrons. The van der Waals surface area contributed by atoms with Crippen molar-refractivity contribution < 1.29 is 26.4 Å². The zero-order chi connectivity index (χ0) is 25.5. The summed E-state index contributed by atoms with van der Waals surface area (Å²) in [4.78, 5) is 17.4. The van der Waals surface area contributed by atoms with Crippen molar-refractivity contribution in [3.63, 3.8) is 0 Å². The summed E-state index contributed by atoms with van der Waals surface area (Å²) in [5.41, 5.74) is 0.545. The van der Waals surface area contributed by atoms with Gasteiger partial charge in [0.15, 0.2) is 0 Å². The minimum absolute atomic E-state index is 0.00845. The molecule has 0 spiro atoms. The number of rotatable bonds is 5. The van der Waals surface area contributed by atoms with Gasteiger partial charge in [0.2, 0.25) is 10.0 Å². The lowest BCUT2D eigenvalue weighted by Crippen LogP contribution is -2.28. The van der Waals surface area contributed by atoms with Gasteiger partial charge in [0.1, 0.15) is 6.33 Å². The molecule has 2 heterocycles. The third kappa shape index (κ3) is 4.47. The molecule has 5 rings (SSSR count). The SMILES string of the molecule is O=C(Nc1cc(C(F)(F)F)ccc1-n1cnc2ccccc21)c1cccc(S(=O)(=O)N2CCCC2)c1. The van der Waals surface area contributed by atoms with Gasteiger partial charge in [-0.15, -0.1) is 0 Å². The van der Waals surface area contributed by atoms with Gasteiger partial charge in [-0.3, -0.25) is 9.36 Å². The number of sulfonamides is 1. The number of benzene rings is 3. The van der Waals surface area contributed by atoms with Crippen LogP contribution in [0.5, 0.6) is 0 Å². The molecule has 7 nitrogen and oxygen atoms in total. The van der Waals surface area contributed by atoms with Gasteiger partial charge < -0.3 is 5.32 Å². The van der Waals surface area contributed by atoms with Gasteiger partial charge in [-0.1, -0.05) is 18.2 Å². The number of halogens is 3. The molecule has 4 aromatic rings. The highest BCUT2D eigenvalue weighted by molar-refractivity contribution is 7.89. The van der Waals surface area contributed by atoms with Crippen molar-refractivity contribution in [3.8, 4) is 5.69 Å². The van der Waals surface area contributed by atoms with Crippen LogP contribution < -0.4 is 5.32 Å². The van der Waals surface area contributed by atoms with Crippen LogP contribution in [0.3, 0.4) is 0 Å². The van der Waals surface area contributed by atoms with Gasteiger partial charge in [-0.25, -0.2) is 13.4 Å². The number of imidazole rings is 1. The molecule has 186 valence electrons. The van der Waals surface area contributed by atoms with Crippen molar-refractivity contribution in [2.45, 2.75) is 23.9 Å². The molecule has 0 unspecified atom stereocenters. The van der Waals surface area contributed by atoms with E-state index in [-0.39, 0.29) is 21.8 Å². The molecular weight excluding hydrogens is 493 g/mol. The Hall–Kier alpha value is -3.70. The van der Waals surface area contributed by atoms with Crippen LogP contribution >= 0.6 is 0 Å². The smallest absolute Gasteiger partial charge is 0.320 e. The molecule has 1 aliphatic rings. The van der Waals surface area contributed by atoms with Crippen LogP contribution in [-0.4, -0.2) is 41.3 Å². The zero-order valence-corrected chi connectivity index (χ0v) is 19.7. The minimum atomic E-state index is -4.63. The van der Waals surface area contributed by atoms with E-state index in [0.29, 0.717) is 24.1 Å². The molecule has 0 saturated carbocycles. The molecule has 0 bridgehead atoms. The predicted molar refractivity (Wildman–Crippen MR) is 128 cm³/mol. The molecule has 1 fully saturated rings. The van der Waals surface area contributed by atoms with Gasteiger partial charge >= 0.3 is 6.18 Å². The summed E-state index contributed by atoms with van der Waals surface area (Å²) in [5.74, 6) is -0.738. The van der Waals surface area contributed by atoms with E-state index in [9.17, 15) is 26.4 Å². The lowest BCUT2D eigenvalue weighted by atomic mass is 10.1. The van der Waals surface area contributed by atoms with E-state index in [1.807, 2.05) is 0 Å². The van der Waals surface area contributed by atoms with Crippen LogP contribution in [0.25, 0.3) is 16.7 Å². The Bertz CT molecular complexity index is 1560. The molecule has 36 heavy (non-hydrogen) atoms. The van der Waals surface area contributed by atoms with E-state index in [2.05, 4.69) is 10.3 Å². The number of anilines is 1. The van der Waals surface area contributed by atoms with Crippen LogP contribution in [0.15, 0.2) is 78.0 Å². The van der Waals surface area contributed by atoms with E-state index in [1.54, 1.807) is 28.8 Å². The number of nitrogens with one attached hydrogen (secondary N) is 1. The van der Waals surface area contributed by atoms with Crippen molar-refractivity contribution in [1.82, 2.24) is 13.9 Å². The first kappa shape index (κ1) is 24.0. The Morgan fingerprint density at radius 1 is 0.944 bits per heavy atom. The molecule has 1 N–H and O–H groups in total. The number of alkyl halides is 3. The summed E-state index contributed by atoms with van der Waals surface area (Å²) in [5, 5.41) is 2.54. The second-order valence-corrected chi connectivity index (χ2v) is 10.4. The number of carbonyl (C=O) groups is 1. The van der Waals surface area contributed by atoms with Gasteiger partial charge in [0, 0.05) is 18.7 Å². The molecule has 11 heteroatoms. The van der Waals surface area contributed by atoms with Gasteiger partial charge in [-0.2, -0.15) is 17.5 Å². The highest BCUT2D eigenvalue weighted by Gasteiger charge is 2.32. The van der Waals surface area contributed by atoms with E-state index in [1.165, 1.54) is 41.0 Å². The zero-order valence-electron chi connectivity index (χ0n) is 18.9. The largest absolute Gasteiger partial charge is 0.416 e. The second kappa shape index (κ2) is 9.07. The lowest BCUT2D eigenvalue weighted by Gasteiger charge is -2.17. The molecular formula is C25H21F3N4O3S. The Balaban J connectivity index is 1.53. The molecule has 3 aromatic carbocycles. The first-order valence-corrected chi connectivity index (χ1v) is 12.6. The number of para-hydroxylation sites is 2. The summed E-state index contributed by atoms with van der Waals surface area (Å²) in [6.45, 7) is 0.816. The van der Waals surface area contributed by atoms with Crippen molar-refractivity contribution >= 4 is 32.7 Å². The van der Waals surface area contributed by atoms with Gasteiger partial charge in [0.25, 0.3) is 5.91 Å². The Kier molecular flexibility index (Phi) is 6.05. The average molecular weight is 515 g/mol. The number of nitrogens with zero attached hydrogens (tertiary/aromatic N) is 3. The maximum atomic E-state index is 13.5. The summed E-state index contributed by atoms with van der Waals surface area (Å²) in [6.07, 6.45) is -1.63. The molecule has 0 aliphatic carbocycles. The Morgan fingerprint density at radius 3 is 2.44 bits per heavy atom. The maximum absolute atomic E-state index is 13.5. The van der Waals surface area contributed by atoms with E-state index in [0.717, 1.165) is 25.0 Å². The maximum Gasteiger partial charge on any atom is 0.416 e. The van der Waals surface area contributed by atoms with Crippen molar-refractivity contribution in [2.24, 2.45) is 0 Å². The fraction of sp³-hybridized carbons (Fsp3) is 0.200. The van der Waals surface area contributed by atoms with Gasteiger partial charge in [0.05, 0.1) is 32.9 Å². The summed E-state index contributed by atoms with van der Waals surface area (Å²) in [7, 11) is -3.77. The second-order valence-electron chi connectivity index (χ2n) is 8.43. The average Bonchev–Trinajstić information content (AvgIpc) is 3.55. The highest BCUT2D eigenvalue weighted by Crippen LogP contribution is 2.34. The minimum Gasteiger partial charge on any atom is -0.320 e. The number of hydrogen-bond acceptors (Lipinski definition) is 4. The Labute approximate surface area is 205 Å². The number of fused-ring (bicyclic) bond motifs is 1. The quantitative estimate of drug-likeness (QED) is 0.403. The molecule has 1 amide bonds. The monoisotopic (exact) mass is 514 g/mol. The topological polar surface area (TPSA) is 84.3 Å². The third-order valence-corrected chi connectivity index (χ3v) is 7.98. The number of aromatic nitrogens is 2. The fourth-order valence-corrected chi connectivity index (χ4v) is 5.81. The molecule has 1 aromatic heterocycles. The first-order chi connectivity index (χ1) is 17.1.